The van der Waals surface area contributed by atoms with Gasteiger partial charge in [-0.1, -0.05) is 61.3 Å². The summed E-state index contributed by atoms with van der Waals surface area (Å²) in [6.45, 7) is 17.4. The highest BCUT2D eigenvalue weighted by molar-refractivity contribution is 5.93. The summed E-state index contributed by atoms with van der Waals surface area (Å²) in [5, 5.41) is 14.9. The van der Waals surface area contributed by atoms with Gasteiger partial charge in [0.1, 0.15) is 17.3 Å². The lowest BCUT2D eigenvalue weighted by Gasteiger charge is -2.33. The van der Waals surface area contributed by atoms with Crippen LogP contribution in [-0.4, -0.2) is 94.0 Å². The molecule has 0 radical (unpaired) electrons. The Kier molecular flexibility index (Phi) is 25.5. The van der Waals surface area contributed by atoms with Crippen LogP contribution in [0.5, 0.6) is 0 Å². The highest BCUT2D eigenvalue weighted by atomic mass is 16.2. The van der Waals surface area contributed by atoms with Crippen molar-refractivity contribution < 1.29 is 28.8 Å². The molecule has 0 saturated heterocycles. The van der Waals surface area contributed by atoms with E-state index in [0.29, 0.717) is 71.7 Å². The van der Waals surface area contributed by atoms with Crippen LogP contribution in [0.15, 0.2) is 0 Å². The summed E-state index contributed by atoms with van der Waals surface area (Å²) in [5.74, 6) is -3.20. The van der Waals surface area contributed by atoms with Crippen molar-refractivity contribution in [3.05, 3.63) is 0 Å². The number of hydrogen-bond donors (Lipinski definition) is 7. The van der Waals surface area contributed by atoms with Crippen LogP contribution in [0.3, 0.4) is 0 Å². The molecule has 13 heteroatoms. The lowest BCUT2D eigenvalue weighted by Crippen LogP contribution is -2.43. The minimum absolute atomic E-state index is 0.0641. The van der Waals surface area contributed by atoms with Crippen molar-refractivity contribution in [3.8, 4) is 0 Å². The van der Waals surface area contributed by atoms with Gasteiger partial charge in [-0.25, -0.2) is 0 Å². The number of amides is 3. The largest absolute Gasteiger partial charge is 0.356 e. The van der Waals surface area contributed by atoms with Gasteiger partial charge in [0.2, 0.25) is 17.7 Å². The number of nitrogens with two attached hydrogens (primary N) is 2. The van der Waals surface area contributed by atoms with Gasteiger partial charge in [0.15, 0.2) is 0 Å². The van der Waals surface area contributed by atoms with Crippen molar-refractivity contribution >= 4 is 35.1 Å². The molecule has 0 saturated carbocycles. The van der Waals surface area contributed by atoms with Crippen molar-refractivity contribution in [2.24, 2.45) is 40.1 Å². The van der Waals surface area contributed by atoms with Crippen molar-refractivity contribution in [1.29, 1.82) is 0 Å². The summed E-state index contributed by atoms with van der Waals surface area (Å²) in [6.07, 6.45) is 4.51. The number of hydrogen-bond acceptors (Lipinski definition) is 10. The van der Waals surface area contributed by atoms with E-state index in [-0.39, 0.29) is 67.2 Å². The molecular weight excluding hydrogens is 650 g/mol. The van der Waals surface area contributed by atoms with E-state index in [2.05, 4.69) is 26.6 Å². The van der Waals surface area contributed by atoms with Crippen LogP contribution in [0.2, 0.25) is 0 Å². The lowest BCUT2D eigenvalue weighted by molar-refractivity contribution is -0.140. The first-order valence-electron chi connectivity index (χ1n) is 19.3. The molecule has 0 aliphatic rings. The molecule has 0 fully saturated rings. The van der Waals surface area contributed by atoms with Crippen LogP contribution in [0.1, 0.15) is 119 Å². The molecule has 3 unspecified atom stereocenters. The number of ketones is 3. The van der Waals surface area contributed by atoms with Gasteiger partial charge in [-0.3, -0.25) is 28.8 Å². The first-order valence-corrected chi connectivity index (χ1v) is 19.3. The maximum absolute atomic E-state index is 14.1. The van der Waals surface area contributed by atoms with Gasteiger partial charge < -0.3 is 38.1 Å². The molecule has 3 amide bonds. The third-order valence-corrected chi connectivity index (χ3v) is 9.38. The SMILES string of the molecule is CCCCNC(=O)C(CC(=O)NCCNCCN)CC(C)(C)C(=O)CC(CC(C)(C)C(=O)C(CC)CC(=O)CCCC)C(=O)NCCNCCN. The summed E-state index contributed by atoms with van der Waals surface area (Å²) in [6, 6.07) is 0. The Balaban J connectivity index is 6.08. The summed E-state index contributed by atoms with van der Waals surface area (Å²) >= 11 is 0. The fraction of sp³-hybridized carbons (Fsp3) is 0.842. The van der Waals surface area contributed by atoms with Gasteiger partial charge in [0.25, 0.3) is 0 Å². The Morgan fingerprint density at radius 2 is 1.08 bits per heavy atom. The Morgan fingerprint density at radius 1 is 0.569 bits per heavy atom. The molecule has 0 aromatic carbocycles. The fourth-order valence-electron chi connectivity index (χ4n) is 6.18. The molecule has 0 heterocycles. The number of carbonyl (C=O) groups excluding carboxylic acids is 6. The van der Waals surface area contributed by atoms with E-state index in [4.69, 9.17) is 11.5 Å². The molecule has 296 valence electrons. The second-order valence-electron chi connectivity index (χ2n) is 15.1. The average Bonchev–Trinajstić information content (AvgIpc) is 3.08. The van der Waals surface area contributed by atoms with Gasteiger partial charge >= 0.3 is 0 Å². The Hall–Kier alpha value is -2.74. The Morgan fingerprint density at radius 3 is 1.61 bits per heavy atom. The van der Waals surface area contributed by atoms with E-state index < -0.39 is 28.6 Å². The predicted molar refractivity (Wildman–Crippen MR) is 204 cm³/mol. The predicted octanol–water partition coefficient (Wildman–Crippen LogP) is 2.39. The second-order valence-corrected chi connectivity index (χ2v) is 15.1. The van der Waals surface area contributed by atoms with Crippen molar-refractivity contribution in [1.82, 2.24) is 26.6 Å². The van der Waals surface area contributed by atoms with Crippen molar-refractivity contribution in [2.75, 3.05) is 58.9 Å². The van der Waals surface area contributed by atoms with E-state index in [0.717, 1.165) is 25.7 Å². The molecular formula is C38H73N7O6. The van der Waals surface area contributed by atoms with E-state index >= 15 is 0 Å². The molecule has 0 aliphatic carbocycles. The van der Waals surface area contributed by atoms with Crippen molar-refractivity contribution in [2.45, 2.75) is 119 Å². The molecule has 0 rings (SSSR count). The standard InChI is InChI=1S/C38H73N7O6/c1-8-11-13-31(46)23-28(10-3)34(49)38(6,7)27-29(35(50)45-22-20-42-18-15-40)24-32(47)37(4,5)26-30(36(51)44-16-12-9-2)25-33(48)43-21-19-41-17-14-39/h28-30,41-42H,8-27,39-40H2,1-7H3,(H,43,48)(H,44,51)(H,45,50). The Bertz CT molecular complexity index is 1070. The average molecular weight is 724 g/mol. The number of carbonyl (C=O) groups is 6. The van der Waals surface area contributed by atoms with Crippen molar-refractivity contribution in [3.63, 3.8) is 0 Å². The van der Waals surface area contributed by atoms with E-state index in [1.165, 1.54) is 0 Å². The Labute approximate surface area is 308 Å². The van der Waals surface area contributed by atoms with Gasteiger partial charge in [0.05, 0.1) is 0 Å². The zero-order valence-corrected chi connectivity index (χ0v) is 33.0. The van der Waals surface area contributed by atoms with Crippen LogP contribution < -0.4 is 38.1 Å². The summed E-state index contributed by atoms with van der Waals surface area (Å²) in [4.78, 5) is 80.4. The molecule has 0 bridgehead atoms. The first kappa shape index (κ1) is 48.3. The topological polar surface area (TPSA) is 215 Å². The van der Waals surface area contributed by atoms with Gasteiger partial charge in [0, 0.05) is 113 Å². The van der Waals surface area contributed by atoms with E-state index in [1.807, 2.05) is 20.8 Å². The molecule has 9 N–H and O–H groups in total. The number of rotatable bonds is 32. The van der Waals surface area contributed by atoms with Crippen LogP contribution in [0.4, 0.5) is 0 Å². The minimum Gasteiger partial charge on any atom is -0.356 e. The summed E-state index contributed by atoms with van der Waals surface area (Å²) < 4.78 is 0. The first-order chi connectivity index (χ1) is 24.1. The third-order valence-electron chi connectivity index (χ3n) is 9.38. The zero-order chi connectivity index (χ0) is 38.9. The van der Waals surface area contributed by atoms with Crippen LogP contribution in [-0.2, 0) is 28.8 Å². The van der Waals surface area contributed by atoms with Gasteiger partial charge in [-0.05, 0) is 32.1 Å². The molecule has 0 aliphatic heterocycles. The number of Topliss-reactive ketones (excluding diaryl/α,β-unsaturated/α-hetero) is 3. The minimum atomic E-state index is -1.05. The monoisotopic (exact) mass is 724 g/mol. The third kappa shape index (κ3) is 20.8. The zero-order valence-electron chi connectivity index (χ0n) is 33.0. The maximum atomic E-state index is 14.1. The van der Waals surface area contributed by atoms with E-state index in [9.17, 15) is 28.8 Å². The summed E-state index contributed by atoms with van der Waals surface area (Å²) in [5.41, 5.74) is 9.02. The molecule has 0 aromatic rings. The highest BCUT2D eigenvalue weighted by Crippen LogP contribution is 2.37. The highest BCUT2D eigenvalue weighted by Gasteiger charge is 2.41. The van der Waals surface area contributed by atoms with Crippen LogP contribution in [0, 0.1) is 28.6 Å². The molecule has 3 atom stereocenters. The van der Waals surface area contributed by atoms with E-state index in [1.54, 1.807) is 27.7 Å². The van der Waals surface area contributed by atoms with Gasteiger partial charge in [-0.2, -0.15) is 0 Å². The number of nitrogens with one attached hydrogen (secondary N) is 5. The maximum Gasteiger partial charge on any atom is 0.223 e. The van der Waals surface area contributed by atoms with Gasteiger partial charge in [-0.15, -0.1) is 0 Å². The van der Waals surface area contributed by atoms with Crippen LogP contribution in [0.25, 0.3) is 0 Å². The lowest BCUT2D eigenvalue weighted by atomic mass is 9.70. The normalized spacial score (nSPS) is 13.6. The number of unbranched alkanes of at least 4 members (excludes halogenated alkanes) is 2. The second kappa shape index (κ2) is 26.9. The quantitative estimate of drug-likeness (QED) is 0.0503. The summed E-state index contributed by atoms with van der Waals surface area (Å²) in [7, 11) is 0. The molecule has 13 nitrogen and oxygen atoms in total. The molecule has 0 spiro atoms. The molecule has 51 heavy (non-hydrogen) atoms. The fourth-order valence-corrected chi connectivity index (χ4v) is 6.18. The van der Waals surface area contributed by atoms with Crippen LogP contribution >= 0.6 is 0 Å². The molecule has 0 aromatic heterocycles. The smallest absolute Gasteiger partial charge is 0.223 e.